The molecule has 0 atom stereocenters. The number of hydrogen-bond acceptors (Lipinski definition) is 4. The van der Waals surface area contributed by atoms with Crippen LogP contribution in [0, 0.1) is 0 Å². The molecule has 0 aromatic carbocycles. The molecule has 0 aliphatic rings. The molecular formula is C11H14N2O4. The Morgan fingerprint density at radius 1 is 1.35 bits per heavy atom. The highest BCUT2D eigenvalue weighted by atomic mass is 16.6. The average molecular weight is 238 g/mol. The number of nitrogens with one attached hydrogen (secondary N) is 1. The topological polar surface area (TPSA) is 88.5 Å². The van der Waals surface area contributed by atoms with Gasteiger partial charge in [-0.15, -0.1) is 0 Å². The summed E-state index contributed by atoms with van der Waals surface area (Å²) in [6.07, 6.45) is 0.0572. The van der Waals surface area contributed by atoms with Crippen molar-refractivity contribution in [2.24, 2.45) is 0 Å². The fourth-order valence-electron chi connectivity index (χ4n) is 1.04. The maximum Gasteiger partial charge on any atom is 0.410 e. The molecule has 92 valence electrons. The normalized spacial score (nSPS) is 10.8. The number of esters is 1. The predicted molar refractivity (Wildman–Crippen MR) is 61.1 cm³/mol. The first-order valence-electron chi connectivity index (χ1n) is 4.97. The van der Waals surface area contributed by atoms with Crippen LogP contribution in [0.1, 0.15) is 31.1 Å². The Hall–Kier alpha value is -2.11. The van der Waals surface area contributed by atoms with E-state index in [1.165, 1.54) is 18.3 Å². The van der Waals surface area contributed by atoms with Crippen LogP contribution in [0.3, 0.4) is 0 Å². The number of nitrogens with zero attached hydrogens (tertiary/aromatic N) is 1. The smallest absolute Gasteiger partial charge is 0.410 e. The van der Waals surface area contributed by atoms with Gasteiger partial charge in [0.25, 0.3) is 0 Å². The molecule has 1 aromatic heterocycles. The van der Waals surface area contributed by atoms with E-state index in [4.69, 9.17) is 9.84 Å². The first kappa shape index (κ1) is 13.0. The van der Waals surface area contributed by atoms with Gasteiger partial charge < -0.3 is 9.84 Å². The van der Waals surface area contributed by atoms with Crippen LogP contribution in [0.25, 0.3) is 0 Å². The van der Waals surface area contributed by atoms with Crippen molar-refractivity contribution in [3.63, 3.8) is 0 Å². The maximum atomic E-state index is 11.6. The SMILES string of the molecule is CC(C)(C)OC(=O)c1ccc(NC(=O)O)nc1. The van der Waals surface area contributed by atoms with Gasteiger partial charge in [0.2, 0.25) is 0 Å². The van der Waals surface area contributed by atoms with Crippen molar-refractivity contribution in [3.8, 4) is 0 Å². The zero-order valence-corrected chi connectivity index (χ0v) is 9.85. The Morgan fingerprint density at radius 3 is 2.41 bits per heavy atom. The van der Waals surface area contributed by atoms with E-state index >= 15 is 0 Å². The van der Waals surface area contributed by atoms with Gasteiger partial charge in [-0.2, -0.15) is 0 Å². The van der Waals surface area contributed by atoms with E-state index in [1.807, 2.05) is 0 Å². The second kappa shape index (κ2) is 4.82. The summed E-state index contributed by atoms with van der Waals surface area (Å²) in [7, 11) is 0. The molecule has 0 unspecified atom stereocenters. The van der Waals surface area contributed by atoms with Gasteiger partial charge in [-0.3, -0.25) is 5.32 Å². The van der Waals surface area contributed by atoms with Gasteiger partial charge in [-0.1, -0.05) is 0 Å². The molecule has 0 radical (unpaired) electrons. The number of anilines is 1. The van der Waals surface area contributed by atoms with Gasteiger partial charge >= 0.3 is 12.1 Å². The summed E-state index contributed by atoms with van der Waals surface area (Å²) in [6, 6.07) is 2.85. The minimum Gasteiger partial charge on any atom is -0.465 e. The standard InChI is InChI=1S/C11H14N2O4/c1-11(2,3)17-9(14)7-4-5-8(12-6-7)13-10(15)16/h4-6H,1-3H3,(H,12,13)(H,15,16). The van der Waals surface area contributed by atoms with Gasteiger partial charge in [0.05, 0.1) is 5.56 Å². The molecule has 1 amide bonds. The predicted octanol–water partition coefficient (Wildman–Crippen LogP) is 2.13. The summed E-state index contributed by atoms with van der Waals surface area (Å²) in [6.45, 7) is 5.29. The first-order valence-corrected chi connectivity index (χ1v) is 4.97. The number of hydrogen-bond donors (Lipinski definition) is 2. The fraction of sp³-hybridized carbons (Fsp3) is 0.364. The molecule has 0 bridgehead atoms. The second-order valence-electron chi connectivity index (χ2n) is 4.36. The van der Waals surface area contributed by atoms with E-state index in [2.05, 4.69) is 10.3 Å². The van der Waals surface area contributed by atoms with E-state index in [9.17, 15) is 9.59 Å². The quantitative estimate of drug-likeness (QED) is 0.770. The summed E-state index contributed by atoms with van der Waals surface area (Å²) in [5.41, 5.74) is -0.300. The van der Waals surface area contributed by atoms with Crippen molar-refractivity contribution in [1.29, 1.82) is 0 Å². The molecule has 1 aromatic rings. The molecule has 0 aliphatic carbocycles. The van der Waals surface area contributed by atoms with Gasteiger partial charge in [-0.05, 0) is 32.9 Å². The Morgan fingerprint density at radius 2 is 2.00 bits per heavy atom. The summed E-state index contributed by atoms with van der Waals surface area (Å²) in [5, 5.41) is 10.5. The molecule has 6 heteroatoms. The number of carbonyl (C=O) groups excluding carboxylic acids is 1. The van der Waals surface area contributed by atoms with Gasteiger partial charge in [-0.25, -0.2) is 14.6 Å². The number of carboxylic acid groups (broad SMARTS) is 1. The minimum absolute atomic E-state index is 0.157. The van der Waals surface area contributed by atoms with E-state index in [0.717, 1.165) is 0 Å². The Balaban J connectivity index is 2.74. The van der Waals surface area contributed by atoms with Crippen LogP contribution in [0.5, 0.6) is 0 Å². The van der Waals surface area contributed by atoms with Crippen molar-refractivity contribution >= 4 is 17.9 Å². The number of rotatable bonds is 2. The molecule has 0 fully saturated rings. The van der Waals surface area contributed by atoms with E-state index in [1.54, 1.807) is 20.8 Å². The first-order chi connectivity index (χ1) is 7.78. The molecule has 1 rings (SSSR count). The highest BCUT2D eigenvalue weighted by molar-refractivity contribution is 5.90. The Bertz CT molecular complexity index is 420. The van der Waals surface area contributed by atoms with Gasteiger partial charge in [0.15, 0.2) is 0 Å². The Kier molecular flexibility index (Phi) is 3.67. The van der Waals surface area contributed by atoms with Crippen LogP contribution in [0.15, 0.2) is 18.3 Å². The second-order valence-corrected chi connectivity index (χ2v) is 4.36. The van der Waals surface area contributed by atoms with Crippen molar-refractivity contribution < 1.29 is 19.4 Å². The third kappa shape index (κ3) is 4.50. The number of carbonyl (C=O) groups is 2. The molecule has 2 N–H and O–H groups in total. The van der Waals surface area contributed by atoms with Crippen LogP contribution < -0.4 is 5.32 Å². The van der Waals surface area contributed by atoms with Crippen molar-refractivity contribution in [2.75, 3.05) is 5.32 Å². The minimum atomic E-state index is -1.21. The summed E-state index contributed by atoms with van der Waals surface area (Å²) in [5.74, 6) is -0.336. The van der Waals surface area contributed by atoms with E-state index < -0.39 is 17.7 Å². The van der Waals surface area contributed by atoms with Crippen LogP contribution in [-0.4, -0.2) is 27.8 Å². The van der Waals surface area contributed by atoms with Crippen LogP contribution >= 0.6 is 0 Å². The Labute approximate surface area is 98.6 Å². The summed E-state index contributed by atoms with van der Waals surface area (Å²) >= 11 is 0. The summed E-state index contributed by atoms with van der Waals surface area (Å²) < 4.78 is 5.13. The highest BCUT2D eigenvalue weighted by Crippen LogP contribution is 2.12. The monoisotopic (exact) mass is 238 g/mol. The van der Waals surface area contributed by atoms with Crippen LogP contribution in [0.4, 0.5) is 10.6 Å². The zero-order chi connectivity index (χ0) is 13.1. The van der Waals surface area contributed by atoms with Crippen molar-refractivity contribution in [3.05, 3.63) is 23.9 Å². The lowest BCUT2D eigenvalue weighted by Crippen LogP contribution is -2.24. The molecular weight excluding hydrogens is 224 g/mol. The molecule has 0 saturated carbocycles. The number of aromatic nitrogens is 1. The zero-order valence-electron chi connectivity index (χ0n) is 9.85. The molecule has 6 nitrogen and oxygen atoms in total. The average Bonchev–Trinajstić information content (AvgIpc) is 2.15. The lowest BCUT2D eigenvalue weighted by Gasteiger charge is -2.19. The van der Waals surface area contributed by atoms with Crippen molar-refractivity contribution in [2.45, 2.75) is 26.4 Å². The van der Waals surface area contributed by atoms with Crippen molar-refractivity contribution in [1.82, 2.24) is 4.98 Å². The number of pyridine rings is 1. The lowest BCUT2D eigenvalue weighted by molar-refractivity contribution is 0.00691. The third-order valence-corrected chi connectivity index (χ3v) is 1.63. The van der Waals surface area contributed by atoms with Gasteiger partial charge in [0.1, 0.15) is 11.4 Å². The lowest BCUT2D eigenvalue weighted by atomic mass is 10.2. The number of ether oxygens (including phenoxy) is 1. The van der Waals surface area contributed by atoms with Crippen LogP contribution in [0.2, 0.25) is 0 Å². The number of amides is 1. The molecule has 0 aliphatic heterocycles. The molecule has 0 saturated heterocycles. The third-order valence-electron chi connectivity index (χ3n) is 1.63. The summed E-state index contributed by atoms with van der Waals surface area (Å²) in [4.78, 5) is 25.7. The molecule has 17 heavy (non-hydrogen) atoms. The molecule has 1 heterocycles. The fourth-order valence-corrected chi connectivity index (χ4v) is 1.04. The van der Waals surface area contributed by atoms with Gasteiger partial charge in [0, 0.05) is 6.20 Å². The maximum absolute atomic E-state index is 11.6. The largest absolute Gasteiger partial charge is 0.465 e. The molecule has 0 spiro atoms. The highest BCUT2D eigenvalue weighted by Gasteiger charge is 2.18. The van der Waals surface area contributed by atoms with Crippen LogP contribution in [-0.2, 0) is 4.74 Å². The van der Waals surface area contributed by atoms with E-state index in [0.29, 0.717) is 0 Å². The van der Waals surface area contributed by atoms with E-state index in [-0.39, 0.29) is 11.4 Å².